The molecule has 0 bridgehead atoms. The van der Waals surface area contributed by atoms with Crippen molar-refractivity contribution in [3.63, 3.8) is 0 Å². The van der Waals surface area contributed by atoms with Gasteiger partial charge >= 0.3 is 0 Å². The van der Waals surface area contributed by atoms with Crippen LogP contribution in [-0.4, -0.2) is 23.4 Å². The number of likely N-dealkylation sites (tertiary alicyclic amines) is 1. The lowest BCUT2D eigenvalue weighted by atomic mass is 10.2. The maximum Gasteiger partial charge on any atom is 0.163 e. The molecule has 1 aromatic rings. The van der Waals surface area contributed by atoms with Gasteiger partial charge in [0.25, 0.3) is 0 Å². The number of halogens is 3. The SMILES string of the molecule is Fc1cccc(CN2CCCC2CCl)c1F. The third-order valence-corrected chi connectivity index (χ3v) is 3.44. The van der Waals surface area contributed by atoms with Gasteiger partial charge in [0.05, 0.1) is 0 Å². The van der Waals surface area contributed by atoms with E-state index in [0.29, 0.717) is 24.0 Å². The van der Waals surface area contributed by atoms with Crippen molar-refractivity contribution in [1.82, 2.24) is 4.90 Å². The first-order chi connectivity index (χ1) is 7.72. The van der Waals surface area contributed by atoms with Crippen LogP contribution in [0.15, 0.2) is 18.2 Å². The lowest BCUT2D eigenvalue weighted by Gasteiger charge is -2.22. The smallest absolute Gasteiger partial charge is 0.163 e. The molecule has 0 radical (unpaired) electrons. The zero-order valence-electron chi connectivity index (χ0n) is 8.93. The summed E-state index contributed by atoms with van der Waals surface area (Å²) in [5, 5.41) is 0. The highest BCUT2D eigenvalue weighted by Gasteiger charge is 2.24. The molecule has 4 heteroatoms. The third-order valence-electron chi connectivity index (χ3n) is 3.08. The molecule has 1 saturated heterocycles. The molecule has 0 amide bonds. The fraction of sp³-hybridized carbons (Fsp3) is 0.500. The third kappa shape index (κ3) is 2.36. The van der Waals surface area contributed by atoms with Crippen molar-refractivity contribution < 1.29 is 8.78 Å². The normalized spacial score (nSPS) is 21.6. The van der Waals surface area contributed by atoms with Crippen LogP contribution >= 0.6 is 11.6 Å². The molecule has 88 valence electrons. The maximum absolute atomic E-state index is 13.5. The van der Waals surface area contributed by atoms with Crippen molar-refractivity contribution in [2.75, 3.05) is 12.4 Å². The molecule has 1 atom stereocenters. The Morgan fingerprint density at radius 2 is 2.19 bits per heavy atom. The van der Waals surface area contributed by atoms with E-state index < -0.39 is 11.6 Å². The lowest BCUT2D eigenvalue weighted by Crippen LogP contribution is -2.30. The maximum atomic E-state index is 13.5. The summed E-state index contributed by atoms with van der Waals surface area (Å²) in [6.45, 7) is 1.36. The first-order valence-electron chi connectivity index (χ1n) is 5.45. The summed E-state index contributed by atoms with van der Waals surface area (Å²) in [4.78, 5) is 2.12. The number of rotatable bonds is 3. The van der Waals surface area contributed by atoms with Crippen LogP contribution < -0.4 is 0 Å². The molecule has 1 unspecified atom stereocenters. The number of benzene rings is 1. The van der Waals surface area contributed by atoms with Crippen molar-refractivity contribution in [1.29, 1.82) is 0 Å². The minimum absolute atomic E-state index is 0.296. The second kappa shape index (κ2) is 5.11. The van der Waals surface area contributed by atoms with Gasteiger partial charge in [-0.1, -0.05) is 12.1 Å². The highest BCUT2D eigenvalue weighted by atomic mass is 35.5. The summed E-state index contributed by atoms with van der Waals surface area (Å²) in [6.07, 6.45) is 2.12. The first-order valence-corrected chi connectivity index (χ1v) is 5.98. The van der Waals surface area contributed by atoms with Crippen molar-refractivity contribution in [2.45, 2.75) is 25.4 Å². The zero-order chi connectivity index (χ0) is 11.5. The average molecular weight is 246 g/mol. The Kier molecular flexibility index (Phi) is 3.77. The van der Waals surface area contributed by atoms with Crippen LogP contribution in [0.2, 0.25) is 0 Å². The molecule has 0 saturated carbocycles. The summed E-state index contributed by atoms with van der Waals surface area (Å²) in [5.41, 5.74) is 0.414. The summed E-state index contributed by atoms with van der Waals surface area (Å²) in [5.74, 6) is -0.960. The monoisotopic (exact) mass is 245 g/mol. The van der Waals surface area contributed by atoms with Gasteiger partial charge in [-0.2, -0.15) is 0 Å². The molecular formula is C12H14ClF2N. The second-order valence-corrected chi connectivity index (χ2v) is 4.44. The lowest BCUT2D eigenvalue weighted by molar-refractivity contribution is 0.258. The van der Waals surface area contributed by atoms with Crippen molar-refractivity contribution in [3.05, 3.63) is 35.4 Å². The molecule has 1 heterocycles. The number of alkyl halides is 1. The van der Waals surface area contributed by atoms with E-state index in [2.05, 4.69) is 4.90 Å². The van der Waals surface area contributed by atoms with Gasteiger partial charge in [-0.15, -0.1) is 11.6 Å². The molecule has 1 nitrogen and oxygen atoms in total. The van der Waals surface area contributed by atoms with Crippen LogP contribution in [0, 0.1) is 11.6 Å². The van der Waals surface area contributed by atoms with Crippen molar-refractivity contribution in [3.8, 4) is 0 Å². The van der Waals surface area contributed by atoms with E-state index in [4.69, 9.17) is 11.6 Å². The minimum Gasteiger partial charge on any atom is -0.295 e. The van der Waals surface area contributed by atoms with Crippen molar-refractivity contribution >= 4 is 11.6 Å². The Hall–Kier alpha value is -0.670. The molecule has 0 spiro atoms. The summed E-state index contributed by atoms with van der Waals surface area (Å²) < 4.78 is 26.5. The van der Waals surface area contributed by atoms with Gasteiger partial charge in [-0.25, -0.2) is 8.78 Å². The molecular weight excluding hydrogens is 232 g/mol. The van der Waals surface area contributed by atoms with Gasteiger partial charge in [-0.05, 0) is 25.5 Å². The van der Waals surface area contributed by atoms with Gasteiger partial charge in [0.15, 0.2) is 11.6 Å². The van der Waals surface area contributed by atoms with Crippen LogP contribution in [0.4, 0.5) is 8.78 Å². The van der Waals surface area contributed by atoms with Gasteiger partial charge in [0.2, 0.25) is 0 Å². The van der Waals surface area contributed by atoms with E-state index in [1.807, 2.05) is 0 Å². The van der Waals surface area contributed by atoms with Gasteiger partial charge in [0.1, 0.15) is 0 Å². The van der Waals surface area contributed by atoms with Crippen LogP contribution in [0.1, 0.15) is 18.4 Å². The Balaban J connectivity index is 2.11. The van der Waals surface area contributed by atoms with Gasteiger partial charge in [-0.3, -0.25) is 4.90 Å². The van der Waals surface area contributed by atoms with Crippen LogP contribution in [0.25, 0.3) is 0 Å². The van der Waals surface area contributed by atoms with E-state index >= 15 is 0 Å². The molecule has 1 aliphatic rings. The fourth-order valence-electron chi connectivity index (χ4n) is 2.17. The summed E-state index contributed by atoms with van der Waals surface area (Å²) in [6, 6.07) is 4.60. The Bertz CT molecular complexity index is 370. The molecule has 1 aliphatic heterocycles. The first kappa shape index (κ1) is 11.8. The molecule has 0 aromatic heterocycles. The summed E-state index contributed by atoms with van der Waals surface area (Å²) >= 11 is 5.83. The van der Waals surface area contributed by atoms with Gasteiger partial charge in [0, 0.05) is 24.0 Å². The van der Waals surface area contributed by atoms with E-state index in [-0.39, 0.29) is 0 Å². The Morgan fingerprint density at radius 3 is 2.94 bits per heavy atom. The topological polar surface area (TPSA) is 3.24 Å². The number of hydrogen-bond acceptors (Lipinski definition) is 1. The van der Waals surface area contributed by atoms with Crippen molar-refractivity contribution in [2.24, 2.45) is 0 Å². The quantitative estimate of drug-likeness (QED) is 0.740. The Morgan fingerprint density at radius 1 is 1.38 bits per heavy atom. The van der Waals surface area contributed by atoms with E-state index in [0.717, 1.165) is 25.5 Å². The van der Waals surface area contributed by atoms with Crippen LogP contribution in [0.3, 0.4) is 0 Å². The van der Waals surface area contributed by atoms with Gasteiger partial charge < -0.3 is 0 Å². The van der Waals surface area contributed by atoms with E-state index in [1.54, 1.807) is 12.1 Å². The standard InChI is InChI=1S/C12H14ClF2N/c13-7-10-4-2-6-16(10)8-9-3-1-5-11(14)12(9)15/h1,3,5,10H,2,4,6-8H2. The van der Waals surface area contributed by atoms with Crippen LogP contribution in [-0.2, 0) is 6.54 Å². The second-order valence-electron chi connectivity index (χ2n) is 4.13. The minimum atomic E-state index is -0.779. The summed E-state index contributed by atoms with van der Waals surface area (Å²) in [7, 11) is 0. The molecule has 16 heavy (non-hydrogen) atoms. The molecule has 1 aromatic carbocycles. The predicted octanol–water partition coefficient (Wildman–Crippen LogP) is 3.17. The molecule has 1 fully saturated rings. The average Bonchev–Trinajstić information content (AvgIpc) is 2.72. The van der Waals surface area contributed by atoms with E-state index in [9.17, 15) is 8.78 Å². The molecule has 0 N–H and O–H groups in total. The highest BCUT2D eigenvalue weighted by Crippen LogP contribution is 2.22. The fourth-order valence-corrected chi connectivity index (χ4v) is 2.52. The number of nitrogens with zero attached hydrogens (tertiary/aromatic N) is 1. The molecule has 2 rings (SSSR count). The van der Waals surface area contributed by atoms with E-state index in [1.165, 1.54) is 0 Å². The predicted molar refractivity (Wildman–Crippen MR) is 60.5 cm³/mol. The zero-order valence-corrected chi connectivity index (χ0v) is 9.68. The highest BCUT2D eigenvalue weighted by molar-refractivity contribution is 6.18. The largest absolute Gasteiger partial charge is 0.295 e. The number of hydrogen-bond donors (Lipinski definition) is 0. The molecule has 0 aliphatic carbocycles. The Labute approximate surface area is 99.0 Å². The van der Waals surface area contributed by atoms with Crippen LogP contribution in [0.5, 0.6) is 0 Å².